The Balaban J connectivity index is 1.93. The summed E-state index contributed by atoms with van der Waals surface area (Å²) >= 11 is 0. The van der Waals surface area contributed by atoms with Crippen molar-refractivity contribution in [1.29, 1.82) is 0 Å². The largest absolute Gasteiger partial charge is 0.506 e. The van der Waals surface area contributed by atoms with Crippen LogP contribution in [-0.4, -0.2) is 19.6 Å². The maximum absolute atomic E-state index is 12.7. The summed E-state index contributed by atoms with van der Waals surface area (Å²) in [5.74, 6) is 0.858. The molecule has 0 saturated carbocycles. The van der Waals surface area contributed by atoms with Crippen LogP contribution in [-0.2, 0) is 13.0 Å². The molecule has 112 valence electrons. The van der Waals surface area contributed by atoms with Crippen molar-refractivity contribution in [2.24, 2.45) is 0 Å². The normalized spacial score (nSPS) is 13.2. The number of aromatic nitrogens is 3. The molecule has 1 aliphatic heterocycles. The first-order chi connectivity index (χ1) is 11.2. The van der Waals surface area contributed by atoms with Gasteiger partial charge in [-0.1, -0.05) is 24.3 Å². The number of phenolic OH excluding ortho intramolecular Hbond substituents is 1. The lowest BCUT2D eigenvalue weighted by Crippen LogP contribution is -2.27. The smallest absolute Gasteiger partial charge is 0.261 e. The van der Waals surface area contributed by atoms with Crippen LogP contribution < -0.4 is 5.56 Å². The van der Waals surface area contributed by atoms with Crippen molar-refractivity contribution in [3.05, 3.63) is 58.4 Å². The minimum Gasteiger partial charge on any atom is -0.506 e. The van der Waals surface area contributed by atoms with Crippen LogP contribution in [0.25, 0.3) is 33.3 Å². The van der Waals surface area contributed by atoms with Crippen molar-refractivity contribution in [2.45, 2.75) is 13.0 Å². The fraction of sp³-hybridized carbons (Fsp3) is 0.111. The number of fused-ring (bicyclic) bond motifs is 6. The average Bonchev–Trinajstić information content (AvgIpc) is 2.96. The zero-order valence-electron chi connectivity index (χ0n) is 12.2. The lowest BCUT2D eigenvalue weighted by Gasteiger charge is -2.18. The van der Waals surface area contributed by atoms with Crippen LogP contribution in [0, 0.1) is 0 Å². The molecule has 5 nitrogen and oxygen atoms in total. The number of H-pyrrole nitrogens is 1. The number of para-hydroxylation sites is 2. The van der Waals surface area contributed by atoms with Gasteiger partial charge in [0.1, 0.15) is 5.75 Å². The Morgan fingerprint density at radius 2 is 1.91 bits per heavy atom. The van der Waals surface area contributed by atoms with E-state index < -0.39 is 0 Å². The Kier molecular flexibility index (Phi) is 2.29. The highest BCUT2D eigenvalue weighted by Gasteiger charge is 2.24. The maximum atomic E-state index is 12.7. The highest BCUT2D eigenvalue weighted by atomic mass is 16.3. The third kappa shape index (κ3) is 1.56. The molecular weight excluding hydrogens is 290 g/mol. The van der Waals surface area contributed by atoms with E-state index in [4.69, 9.17) is 4.98 Å². The Morgan fingerprint density at radius 3 is 2.83 bits per heavy atom. The molecule has 2 aromatic heterocycles. The van der Waals surface area contributed by atoms with E-state index in [2.05, 4.69) is 4.98 Å². The van der Waals surface area contributed by atoms with Gasteiger partial charge in [0.15, 0.2) is 5.82 Å². The molecule has 0 spiro atoms. The third-order valence-electron chi connectivity index (χ3n) is 4.59. The molecule has 0 amide bonds. The standard InChI is InChI=1S/C18H13N3O2/c22-14-7-3-5-10-11-8-9-21-17(16(11)20-15(10)14)19-13-6-2-1-4-12(13)18(21)23/h1-7,20,22H,8-9H2. The van der Waals surface area contributed by atoms with E-state index in [1.54, 1.807) is 10.6 Å². The van der Waals surface area contributed by atoms with Gasteiger partial charge in [-0.25, -0.2) is 4.98 Å². The summed E-state index contributed by atoms with van der Waals surface area (Å²) in [5.41, 5.74) is 3.32. The van der Waals surface area contributed by atoms with Crippen molar-refractivity contribution >= 4 is 21.8 Å². The molecule has 5 heteroatoms. The fourth-order valence-corrected chi connectivity index (χ4v) is 3.50. The first-order valence-corrected chi connectivity index (χ1v) is 7.56. The van der Waals surface area contributed by atoms with Gasteiger partial charge in [0, 0.05) is 11.9 Å². The van der Waals surface area contributed by atoms with Crippen LogP contribution in [0.5, 0.6) is 5.75 Å². The second-order valence-electron chi connectivity index (χ2n) is 5.84. The summed E-state index contributed by atoms with van der Waals surface area (Å²) in [5, 5.41) is 11.7. The Hall–Kier alpha value is -3.08. The van der Waals surface area contributed by atoms with Gasteiger partial charge in [-0.2, -0.15) is 0 Å². The van der Waals surface area contributed by atoms with E-state index in [-0.39, 0.29) is 11.3 Å². The van der Waals surface area contributed by atoms with E-state index in [9.17, 15) is 9.90 Å². The SMILES string of the molecule is O=c1c2ccccc2nc2n1CCc1c-2[nH]c2c(O)cccc12. The third-order valence-corrected chi connectivity index (χ3v) is 4.59. The van der Waals surface area contributed by atoms with Crippen molar-refractivity contribution < 1.29 is 5.11 Å². The highest BCUT2D eigenvalue weighted by Crippen LogP contribution is 2.36. The molecule has 4 aromatic rings. The van der Waals surface area contributed by atoms with Gasteiger partial charge < -0.3 is 10.1 Å². The molecule has 0 radical (unpaired) electrons. The van der Waals surface area contributed by atoms with Crippen molar-refractivity contribution in [2.75, 3.05) is 0 Å². The van der Waals surface area contributed by atoms with Gasteiger partial charge >= 0.3 is 0 Å². The monoisotopic (exact) mass is 303 g/mol. The molecule has 3 heterocycles. The molecule has 0 unspecified atom stereocenters. The Morgan fingerprint density at radius 1 is 1.09 bits per heavy atom. The number of rotatable bonds is 0. The van der Waals surface area contributed by atoms with Crippen molar-refractivity contribution in [1.82, 2.24) is 14.5 Å². The lowest BCUT2D eigenvalue weighted by atomic mass is 10.0. The van der Waals surface area contributed by atoms with Crippen LogP contribution in [0.3, 0.4) is 0 Å². The molecule has 0 atom stereocenters. The zero-order valence-corrected chi connectivity index (χ0v) is 12.2. The number of aryl methyl sites for hydroxylation is 1. The first kappa shape index (κ1) is 12.5. The maximum Gasteiger partial charge on any atom is 0.261 e. The molecule has 0 aliphatic carbocycles. The molecule has 0 bridgehead atoms. The predicted molar refractivity (Wildman–Crippen MR) is 88.7 cm³/mol. The molecule has 23 heavy (non-hydrogen) atoms. The van der Waals surface area contributed by atoms with Crippen LogP contribution in [0.4, 0.5) is 0 Å². The van der Waals surface area contributed by atoms with Crippen LogP contribution in [0.1, 0.15) is 5.56 Å². The summed E-state index contributed by atoms with van der Waals surface area (Å²) in [7, 11) is 0. The summed E-state index contributed by atoms with van der Waals surface area (Å²) in [4.78, 5) is 20.7. The number of hydrogen-bond acceptors (Lipinski definition) is 3. The number of nitrogens with zero attached hydrogens (tertiary/aromatic N) is 2. The van der Waals surface area contributed by atoms with Gasteiger partial charge in [-0.05, 0) is 30.2 Å². The molecular formula is C18H13N3O2. The molecule has 2 N–H and O–H groups in total. The fourth-order valence-electron chi connectivity index (χ4n) is 3.50. The van der Waals surface area contributed by atoms with E-state index in [0.29, 0.717) is 28.8 Å². The quantitative estimate of drug-likeness (QED) is 0.525. The lowest BCUT2D eigenvalue weighted by molar-refractivity contribution is 0.480. The number of aromatic hydroxyl groups is 1. The highest BCUT2D eigenvalue weighted by molar-refractivity contribution is 5.94. The number of hydrogen-bond donors (Lipinski definition) is 2. The molecule has 5 rings (SSSR count). The van der Waals surface area contributed by atoms with Crippen LogP contribution in [0.2, 0.25) is 0 Å². The van der Waals surface area contributed by atoms with Gasteiger partial charge in [0.25, 0.3) is 5.56 Å². The van der Waals surface area contributed by atoms with Crippen LogP contribution >= 0.6 is 0 Å². The van der Waals surface area contributed by atoms with E-state index in [0.717, 1.165) is 23.1 Å². The minimum atomic E-state index is -0.0147. The van der Waals surface area contributed by atoms with Crippen molar-refractivity contribution in [3.8, 4) is 17.3 Å². The molecule has 1 aliphatic rings. The number of phenols is 1. The molecule has 0 fully saturated rings. The Bertz CT molecular complexity index is 1150. The van der Waals surface area contributed by atoms with Gasteiger partial charge in [0.05, 0.1) is 22.1 Å². The zero-order chi connectivity index (χ0) is 15.6. The molecule has 2 aromatic carbocycles. The van der Waals surface area contributed by atoms with Gasteiger partial charge in [-0.15, -0.1) is 0 Å². The second kappa shape index (κ2) is 4.23. The average molecular weight is 303 g/mol. The van der Waals surface area contributed by atoms with Crippen LogP contribution in [0.15, 0.2) is 47.3 Å². The van der Waals surface area contributed by atoms with E-state index in [1.165, 1.54) is 0 Å². The van der Waals surface area contributed by atoms with Gasteiger partial charge in [0.2, 0.25) is 0 Å². The summed E-state index contributed by atoms with van der Waals surface area (Å²) in [6.07, 6.45) is 0.742. The number of benzene rings is 2. The van der Waals surface area contributed by atoms with Gasteiger partial charge in [-0.3, -0.25) is 9.36 Å². The van der Waals surface area contributed by atoms with Crippen molar-refractivity contribution in [3.63, 3.8) is 0 Å². The topological polar surface area (TPSA) is 70.9 Å². The summed E-state index contributed by atoms with van der Waals surface area (Å²) in [6.45, 7) is 0.599. The minimum absolute atomic E-state index is 0.0147. The van der Waals surface area contributed by atoms with E-state index in [1.807, 2.05) is 36.4 Å². The molecule has 0 saturated heterocycles. The summed E-state index contributed by atoms with van der Waals surface area (Å²) < 4.78 is 1.72. The second-order valence-corrected chi connectivity index (χ2v) is 5.84. The number of aromatic amines is 1. The summed E-state index contributed by atoms with van der Waals surface area (Å²) in [6, 6.07) is 12.9. The number of nitrogens with one attached hydrogen (secondary N) is 1. The Labute approximate surface area is 130 Å². The predicted octanol–water partition coefficient (Wildman–Crippen LogP) is 2.81. The first-order valence-electron chi connectivity index (χ1n) is 7.56. The van der Waals surface area contributed by atoms with E-state index >= 15 is 0 Å².